The lowest BCUT2D eigenvalue weighted by atomic mass is 9.89. The molecule has 1 aromatic rings. The molecular formula is C21H30N2O4. The minimum Gasteiger partial charge on any atom is -0.497 e. The van der Waals surface area contributed by atoms with Crippen LogP contribution >= 0.6 is 0 Å². The maximum Gasteiger partial charge on any atom is 0.257 e. The van der Waals surface area contributed by atoms with Crippen molar-refractivity contribution in [3.05, 3.63) is 29.8 Å². The third-order valence-electron chi connectivity index (χ3n) is 5.73. The number of ether oxygens (including phenoxy) is 2. The van der Waals surface area contributed by atoms with Crippen molar-refractivity contribution in [2.24, 2.45) is 0 Å². The smallest absolute Gasteiger partial charge is 0.257 e. The second-order valence-corrected chi connectivity index (χ2v) is 7.56. The van der Waals surface area contributed by atoms with Gasteiger partial charge < -0.3 is 14.8 Å². The summed E-state index contributed by atoms with van der Waals surface area (Å²) in [7, 11) is 1.58. The van der Waals surface area contributed by atoms with Crippen molar-refractivity contribution < 1.29 is 19.1 Å². The van der Waals surface area contributed by atoms with Gasteiger partial charge in [0, 0.05) is 11.6 Å². The molecule has 148 valence electrons. The molecule has 1 aliphatic carbocycles. The molecule has 1 saturated carbocycles. The summed E-state index contributed by atoms with van der Waals surface area (Å²) in [5.74, 6) is 0.319. The van der Waals surface area contributed by atoms with Crippen LogP contribution < -0.4 is 10.1 Å². The average molecular weight is 374 g/mol. The summed E-state index contributed by atoms with van der Waals surface area (Å²) in [5, 5.41) is 3.01. The second kappa shape index (κ2) is 8.30. The lowest BCUT2D eigenvalue weighted by molar-refractivity contribution is -0.127. The van der Waals surface area contributed by atoms with E-state index in [-0.39, 0.29) is 24.5 Å². The largest absolute Gasteiger partial charge is 0.497 e. The number of methoxy groups -OCH3 is 1. The Morgan fingerprint density at radius 2 is 2.07 bits per heavy atom. The summed E-state index contributed by atoms with van der Waals surface area (Å²) in [6.45, 7) is 4.24. The number of rotatable bonds is 5. The Morgan fingerprint density at radius 3 is 2.74 bits per heavy atom. The van der Waals surface area contributed by atoms with Gasteiger partial charge in [0.05, 0.1) is 13.7 Å². The van der Waals surface area contributed by atoms with Crippen molar-refractivity contribution in [1.82, 2.24) is 10.2 Å². The van der Waals surface area contributed by atoms with E-state index in [0.29, 0.717) is 11.3 Å². The van der Waals surface area contributed by atoms with Gasteiger partial charge in [-0.25, -0.2) is 0 Å². The summed E-state index contributed by atoms with van der Waals surface area (Å²) in [4.78, 5) is 28.1. The zero-order valence-corrected chi connectivity index (χ0v) is 16.5. The Balaban J connectivity index is 1.92. The molecule has 0 unspecified atom stereocenters. The summed E-state index contributed by atoms with van der Waals surface area (Å²) >= 11 is 0. The average Bonchev–Trinajstić information content (AvgIpc) is 3.06. The molecule has 2 atom stereocenters. The van der Waals surface area contributed by atoms with Gasteiger partial charge in [-0.2, -0.15) is 0 Å². The molecule has 1 N–H and O–H groups in total. The highest BCUT2D eigenvalue weighted by Crippen LogP contribution is 2.41. The molecule has 3 rings (SSSR count). The molecule has 2 aliphatic rings. The Bertz CT molecular complexity index is 685. The molecule has 1 aromatic carbocycles. The topological polar surface area (TPSA) is 67.9 Å². The first-order chi connectivity index (χ1) is 13.0. The fourth-order valence-corrected chi connectivity index (χ4v) is 4.01. The number of hydrogen-bond donors (Lipinski definition) is 1. The van der Waals surface area contributed by atoms with E-state index < -0.39 is 11.8 Å². The fraction of sp³-hybridized carbons (Fsp3) is 0.619. The summed E-state index contributed by atoms with van der Waals surface area (Å²) in [6, 6.07) is 6.56. The van der Waals surface area contributed by atoms with Crippen LogP contribution in [0.2, 0.25) is 0 Å². The summed E-state index contributed by atoms with van der Waals surface area (Å²) in [5.41, 5.74) is -0.151. The maximum absolute atomic E-state index is 13.5. The van der Waals surface area contributed by atoms with E-state index in [4.69, 9.17) is 9.47 Å². The normalized spacial score (nSPS) is 22.5. The van der Waals surface area contributed by atoms with Crippen LogP contribution in [0.5, 0.6) is 5.75 Å². The van der Waals surface area contributed by atoms with E-state index in [0.717, 1.165) is 38.5 Å². The Morgan fingerprint density at radius 1 is 1.33 bits per heavy atom. The van der Waals surface area contributed by atoms with Crippen LogP contribution in [0.25, 0.3) is 0 Å². The van der Waals surface area contributed by atoms with Gasteiger partial charge in [0.1, 0.15) is 17.5 Å². The van der Waals surface area contributed by atoms with E-state index >= 15 is 0 Å². The van der Waals surface area contributed by atoms with E-state index in [1.54, 1.807) is 36.3 Å². The van der Waals surface area contributed by atoms with Crippen LogP contribution in [-0.4, -0.2) is 48.2 Å². The van der Waals surface area contributed by atoms with E-state index in [9.17, 15) is 9.59 Å². The first kappa shape index (κ1) is 19.7. The molecule has 6 heteroatoms. The van der Waals surface area contributed by atoms with Gasteiger partial charge in [-0.1, -0.05) is 19.4 Å². The minimum atomic E-state index is -0.671. The van der Waals surface area contributed by atoms with Crippen molar-refractivity contribution in [2.75, 3.05) is 13.7 Å². The van der Waals surface area contributed by atoms with Gasteiger partial charge in [-0.3, -0.25) is 14.5 Å². The van der Waals surface area contributed by atoms with Crippen LogP contribution in [0, 0.1) is 0 Å². The molecule has 27 heavy (non-hydrogen) atoms. The SMILES string of the molecule is CC[C@H](C)NC(=O)[C@@H]1COC2(CCCCC2)N1C(=O)c1cccc(OC)c1. The molecule has 1 saturated heterocycles. The molecule has 1 aliphatic heterocycles. The highest BCUT2D eigenvalue weighted by molar-refractivity contribution is 5.98. The lowest BCUT2D eigenvalue weighted by Gasteiger charge is -2.41. The van der Waals surface area contributed by atoms with Gasteiger partial charge >= 0.3 is 0 Å². The molecule has 0 bridgehead atoms. The predicted octanol–water partition coefficient (Wildman–Crippen LogP) is 3.11. The zero-order chi connectivity index (χ0) is 19.4. The Kier molecular flexibility index (Phi) is 6.05. The molecule has 1 spiro atoms. The molecule has 0 aromatic heterocycles. The number of hydrogen-bond acceptors (Lipinski definition) is 4. The molecule has 2 fully saturated rings. The van der Waals surface area contributed by atoms with Gasteiger partial charge in [0.25, 0.3) is 5.91 Å². The van der Waals surface area contributed by atoms with Crippen LogP contribution in [0.4, 0.5) is 0 Å². The second-order valence-electron chi connectivity index (χ2n) is 7.56. The van der Waals surface area contributed by atoms with E-state index in [1.165, 1.54) is 0 Å². The molecule has 1 heterocycles. The third-order valence-corrected chi connectivity index (χ3v) is 5.73. The van der Waals surface area contributed by atoms with Gasteiger partial charge in [0.2, 0.25) is 5.91 Å². The van der Waals surface area contributed by atoms with Crippen LogP contribution in [0.1, 0.15) is 62.7 Å². The quantitative estimate of drug-likeness (QED) is 0.860. The number of carbonyl (C=O) groups is 2. The van der Waals surface area contributed by atoms with Crippen LogP contribution in [-0.2, 0) is 9.53 Å². The highest BCUT2D eigenvalue weighted by Gasteiger charge is 2.53. The summed E-state index contributed by atoms with van der Waals surface area (Å²) in [6.07, 6.45) is 5.53. The molecule has 2 amide bonds. The molecular weight excluding hydrogens is 344 g/mol. The Hall–Kier alpha value is -2.08. The van der Waals surface area contributed by atoms with E-state index in [1.807, 2.05) is 13.8 Å². The summed E-state index contributed by atoms with van der Waals surface area (Å²) < 4.78 is 11.4. The standard InChI is InChI=1S/C21H30N2O4/c1-4-15(2)22-19(24)18-14-27-21(11-6-5-7-12-21)23(18)20(25)16-9-8-10-17(13-16)26-3/h8-10,13,15,18H,4-7,11-12,14H2,1-3H3,(H,22,24)/t15-,18-/m0/s1. The van der Waals surface area contributed by atoms with Gasteiger partial charge in [-0.15, -0.1) is 0 Å². The molecule has 6 nitrogen and oxygen atoms in total. The van der Waals surface area contributed by atoms with Crippen molar-refractivity contribution in [3.8, 4) is 5.75 Å². The monoisotopic (exact) mass is 374 g/mol. The Labute approximate surface area is 161 Å². The molecule has 0 radical (unpaired) electrons. The maximum atomic E-state index is 13.5. The minimum absolute atomic E-state index is 0.0641. The van der Waals surface area contributed by atoms with Crippen molar-refractivity contribution in [3.63, 3.8) is 0 Å². The fourth-order valence-electron chi connectivity index (χ4n) is 4.01. The number of nitrogens with one attached hydrogen (secondary N) is 1. The first-order valence-electron chi connectivity index (χ1n) is 9.93. The van der Waals surface area contributed by atoms with Crippen molar-refractivity contribution in [1.29, 1.82) is 0 Å². The zero-order valence-electron chi connectivity index (χ0n) is 16.5. The van der Waals surface area contributed by atoms with E-state index in [2.05, 4.69) is 5.32 Å². The number of carbonyl (C=O) groups excluding carboxylic acids is 2. The van der Waals surface area contributed by atoms with Crippen LogP contribution in [0.3, 0.4) is 0 Å². The van der Waals surface area contributed by atoms with Crippen LogP contribution in [0.15, 0.2) is 24.3 Å². The number of benzene rings is 1. The highest BCUT2D eigenvalue weighted by atomic mass is 16.5. The third kappa shape index (κ3) is 3.95. The lowest BCUT2D eigenvalue weighted by Crippen LogP contribution is -2.57. The van der Waals surface area contributed by atoms with Crippen molar-refractivity contribution >= 4 is 11.8 Å². The van der Waals surface area contributed by atoms with Crippen molar-refractivity contribution in [2.45, 2.75) is 70.2 Å². The predicted molar refractivity (Wildman–Crippen MR) is 103 cm³/mol. The first-order valence-corrected chi connectivity index (χ1v) is 9.93. The number of amides is 2. The van der Waals surface area contributed by atoms with Gasteiger partial charge in [-0.05, 0) is 57.2 Å². The van der Waals surface area contributed by atoms with Gasteiger partial charge in [0.15, 0.2) is 0 Å². The number of nitrogens with zero attached hydrogens (tertiary/aromatic N) is 1.